The van der Waals surface area contributed by atoms with E-state index in [1.165, 1.54) is 0 Å². The first-order valence-corrected chi connectivity index (χ1v) is 6.17. The number of rotatable bonds is 5. The van der Waals surface area contributed by atoms with E-state index in [1.807, 2.05) is 6.92 Å². The SMILES string of the molecule is CCC(S)/C(C)=N\OCc1c(F)c(F)c(F)c(F)c1F. The lowest BCUT2D eigenvalue weighted by molar-refractivity contribution is 0.122. The lowest BCUT2D eigenvalue weighted by atomic mass is 10.2. The molecule has 0 aromatic heterocycles. The summed E-state index contributed by atoms with van der Waals surface area (Å²) >= 11 is 4.14. The Kier molecular flexibility index (Phi) is 5.79. The lowest BCUT2D eigenvalue weighted by Gasteiger charge is -2.09. The molecule has 20 heavy (non-hydrogen) atoms. The Morgan fingerprint density at radius 1 is 1.05 bits per heavy atom. The van der Waals surface area contributed by atoms with E-state index in [0.717, 1.165) is 0 Å². The summed E-state index contributed by atoms with van der Waals surface area (Å²) in [4.78, 5) is 4.62. The van der Waals surface area contributed by atoms with Crippen molar-refractivity contribution >= 4 is 18.3 Å². The molecule has 1 rings (SSSR count). The van der Waals surface area contributed by atoms with Crippen molar-refractivity contribution in [3.05, 3.63) is 34.6 Å². The zero-order chi connectivity index (χ0) is 15.4. The Bertz CT molecular complexity index is 506. The standard InChI is InChI=1S/C12H12F5NOS/c1-3-7(20)5(2)18-19-4-6-8(13)10(15)12(17)11(16)9(6)14/h7,20H,3-4H2,1-2H3/b18-5-. The Morgan fingerprint density at radius 3 is 1.95 bits per heavy atom. The average molecular weight is 313 g/mol. The van der Waals surface area contributed by atoms with E-state index in [9.17, 15) is 22.0 Å². The molecule has 0 amide bonds. The maximum absolute atomic E-state index is 13.3. The molecule has 0 fully saturated rings. The van der Waals surface area contributed by atoms with Crippen molar-refractivity contribution in [2.75, 3.05) is 0 Å². The summed E-state index contributed by atoms with van der Waals surface area (Å²) in [6.45, 7) is 2.54. The summed E-state index contributed by atoms with van der Waals surface area (Å²) < 4.78 is 65.2. The van der Waals surface area contributed by atoms with Crippen molar-refractivity contribution in [2.24, 2.45) is 5.16 Å². The Labute approximate surface area is 118 Å². The minimum atomic E-state index is -2.20. The molecule has 0 spiro atoms. The second kappa shape index (κ2) is 6.92. The summed E-state index contributed by atoms with van der Waals surface area (Å²) in [6.07, 6.45) is 0.643. The van der Waals surface area contributed by atoms with Gasteiger partial charge in [0.2, 0.25) is 5.82 Å². The normalized spacial score (nSPS) is 13.5. The van der Waals surface area contributed by atoms with E-state index >= 15 is 0 Å². The van der Waals surface area contributed by atoms with Crippen LogP contribution in [-0.2, 0) is 11.4 Å². The van der Waals surface area contributed by atoms with Crippen molar-refractivity contribution in [2.45, 2.75) is 32.1 Å². The number of oxime groups is 1. The summed E-state index contributed by atoms with van der Waals surface area (Å²) in [7, 11) is 0. The first-order chi connectivity index (χ1) is 9.31. The monoisotopic (exact) mass is 313 g/mol. The van der Waals surface area contributed by atoms with Crippen LogP contribution in [0.3, 0.4) is 0 Å². The fraction of sp³-hybridized carbons (Fsp3) is 0.417. The Balaban J connectivity index is 2.95. The van der Waals surface area contributed by atoms with Crippen molar-refractivity contribution in [1.29, 1.82) is 0 Å². The molecule has 1 aromatic rings. The molecular weight excluding hydrogens is 301 g/mol. The van der Waals surface area contributed by atoms with E-state index < -0.39 is 41.3 Å². The summed E-state index contributed by atoms with van der Waals surface area (Å²) in [5.74, 6) is -10.1. The largest absolute Gasteiger partial charge is 0.391 e. The summed E-state index contributed by atoms with van der Waals surface area (Å²) in [5, 5.41) is 3.31. The van der Waals surface area contributed by atoms with Crippen molar-refractivity contribution in [3.8, 4) is 0 Å². The molecule has 112 valence electrons. The molecule has 0 aliphatic carbocycles. The highest BCUT2D eigenvalue weighted by molar-refractivity contribution is 7.81. The minimum Gasteiger partial charge on any atom is -0.391 e. The van der Waals surface area contributed by atoms with Crippen molar-refractivity contribution in [3.63, 3.8) is 0 Å². The van der Waals surface area contributed by atoms with E-state index in [2.05, 4.69) is 22.6 Å². The van der Waals surface area contributed by atoms with Gasteiger partial charge in [-0.2, -0.15) is 12.6 Å². The molecule has 1 atom stereocenters. The first kappa shape index (κ1) is 16.7. The van der Waals surface area contributed by atoms with Gasteiger partial charge in [-0.1, -0.05) is 12.1 Å². The van der Waals surface area contributed by atoms with Crippen LogP contribution in [0.1, 0.15) is 25.8 Å². The highest BCUT2D eigenvalue weighted by Crippen LogP contribution is 2.23. The maximum Gasteiger partial charge on any atom is 0.200 e. The van der Waals surface area contributed by atoms with Gasteiger partial charge < -0.3 is 4.84 Å². The van der Waals surface area contributed by atoms with Crippen molar-refractivity contribution < 1.29 is 26.8 Å². The molecule has 0 N–H and O–H groups in total. The van der Waals surface area contributed by atoms with Gasteiger partial charge in [0.05, 0.1) is 11.3 Å². The second-order valence-corrected chi connectivity index (χ2v) is 4.60. The van der Waals surface area contributed by atoms with Gasteiger partial charge in [-0.15, -0.1) is 0 Å². The Hall–Kier alpha value is -1.31. The molecular formula is C12H12F5NOS. The molecule has 8 heteroatoms. The average Bonchev–Trinajstić information content (AvgIpc) is 2.45. The fourth-order valence-corrected chi connectivity index (χ4v) is 1.38. The highest BCUT2D eigenvalue weighted by atomic mass is 32.1. The topological polar surface area (TPSA) is 21.6 Å². The van der Waals surface area contributed by atoms with Gasteiger partial charge in [0.25, 0.3) is 0 Å². The molecule has 0 heterocycles. The van der Waals surface area contributed by atoms with Gasteiger partial charge in [-0.25, -0.2) is 22.0 Å². The molecule has 0 saturated carbocycles. The molecule has 1 unspecified atom stereocenters. The molecule has 0 radical (unpaired) electrons. The van der Waals surface area contributed by atoms with Gasteiger partial charge in [0.15, 0.2) is 23.3 Å². The Morgan fingerprint density at radius 2 is 1.50 bits per heavy atom. The smallest absolute Gasteiger partial charge is 0.200 e. The van der Waals surface area contributed by atoms with Crippen LogP contribution >= 0.6 is 12.6 Å². The number of benzene rings is 1. The maximum atomic E-state index is 13.3. The first-order valence-electron chi connectivity index (χ1n) is 5.66. The van der Waals surface area contributed by atoms with Crippen LogP contribution in [0.5, 0.6) is 0 Å². The number of nitrogens with zero attached hydrogens (tertiary/aromatic N) is 1. The third-order valence-corrected chi connectivity index (χ3v) is 3.33. The fourth-order valence-electron chi connectivity index (χ4n) is 1.33. The summed E-state index contributed by atoms with van der Waals surface area (Å²) in [5.41, 5.74) is -0.634. The zero-order valence-corrected chi connectivity index (χ0v) is 11.6. The van der Waals surface area contributed by atoms with Crippen LogP contribution in [0.15, 0.2) is 5.16 Å². The lowest BCUT2D eigenvalue weighted by Crippen LogP contribution is -2.11. The molecule has 0 aliphatic heterocycles. The van der Waals surface area contributed by atoms with Gasteiger partial charge in [0.1, 0.15) is 6.61 Å². The highest BCUT2D eigenvalue weighted by Gasteiger charge is 2.25. The van der Waals surface area contributed by atoms with E-state index in [0.29, 0.717) is 12.1 Å². The van der Waals surface area contributed by atoms with Gasteiger partial charge in [-0.05, 0) is 13.3 Å². The third-order valence-electron chi connectivity index (χ3n) is 2.59. The van der Waals surface area contributed by atoms with Crippen molar-refractivity contribution in [1.82, 2.24) is 0 Å². The van der Waals surface area contributed by atoms with Crippen LogP contribution in [-0.4, -0.2) is 11.0 Å². The predicted octanol–water partition coefficient (Wildman–Crippen LogP) is 3.98. The number of hydrogen-bond donors (Lipinski definition) is 1. The van der Waals surface area contributed by atoms with E-state index in [4.69, 9.17) is 0 Å². The van der Waals surface area contributed by atoms with Crippen LogP contribution < -0.4 is 0 Å². The molecule has 1 aromatic carbocycles. The van der Waals surface area contributed by atoms with Gasteiger partial charge in [0, 0.05) is 5.25 Å². The van der Waals surface area contributed by atoms with Crippen LogP contribution in [0.25, 0.3) is 0 Å². The second-order valence-electron chi connectivity index (χ2n) is 3.98. The van der Waals surface area contributed by atoms with E-state index in [1.54, 1.807) is 6.92 Å². The van der Waals surface area contributed by atoms with Gasteiger partial charge >= 0.3 is 0 Å². The number of hydrogen-bond acceptors (Lipinski definition) is 3. The molecule has 0 aliphatic rings. The zero-order valence-electron chi connectivity index (χ0n) is 10.7. The number of halogens is 5. The van der Waals surface area contributed by atoms with Crippen LogP contribution in [0.4, 0.5) is 22.0 Å². The van der Waals surface area contributed by atoms with Crippen LogP contribution in [0.2, 0.25) is 0 Å². The molecule has 0 bridgehead atoms. The molecule has 2 nitrogen and oxygen atoms in total. The minimum absolute atomic E-state index is 0.216. The number of thiol groups is 1. The molecule has 0 saturated heterocycles. The third kappa shape index (κ3) is 3.41. The van der Waals surface area contributed by atoms with Crippen LogP contribution in [0, 0.1) is 29.1 Å². The predicted molar refractivity (Wildman–Crippen MR) is 67.2 cm³/mol. The van der Waals surface area contributed by atoms with Gasteiger partial charge in [-0.3, -0.25) is 0 Å². The quantitative estimate of drug-likeness (QED) is 0.218. The van der Waals surface area contributed by atoms with E-state index in [-0.39, 0.29) is 5.25 Å². The summed E-state index contributed by atoms with van der Waals surface area (Å²) in [6, 6.07) is 0.